The first-order valence-electron chi connectivity index (χ1n) is 14.8. The monoisotopic (exact) mass is 601 g/mol. The molecule has 0 aliphatic rings. The second-order valence-corrected chi connectivity index (χ2v) is 10.6. The molecular weight excluding hydrogens is 559 g/mol. The molecule has 43 heavy (non-hydrogen) atoms. The van der Waals surface area contributed by atoms with E-state index >= 15 is 0 Å². The summed E-state index contributed by atoms with van der Waals surface area (Å²) >= 11 is 0. The first kappa shape index (κ1) is 33.8. The SMILES string of the molecule is CCCC(CCC)NC(=O)c1cc(C(=O)N[C@@H](Cc2ccccc2)[C@H](O)CNCc2cccc(C(F)(F)F)c2)nn1CC. The molecule has 1 heterocycles. The molecule has 0 aliphatic heterocycles. The lowest BCUT2D eigenvalue weighted by Gasteiger charge is -2.24. The Morgan fingerprint density at radius 3 is 2.21 bits per heavy atom. The van der Waals surface area contributed by atoms with Gasteiger partial charge < -0.3 is 21.1 Å². The van der Waals surface area contributed by atoms with E-state index in [1.165, 1.54) is 16.8 Å². The molecule has 0 radical (unpaired) electrons. The molecule has 0 aliphatic carbocycles. The summed E-state index contributed by atoms with van der Waals surface area (Å²) in [5, 5.41) is 24.3. The van der Waals surface area contributed by atoms with E-state index in [0.29, 0.717) is 18.5 Å². The van der Waals surface area contributed by atoms with Crippen LogP contribution in [0.4, 0.5) is 13.2 Å². The van der Waals surface area contributed by atoms with Gasteiger partial charge >= 0.3 is 6.18 Å². The molecule has 0 saturated carbocycles. The molecule has 2 atom stereocenters. The second-order valence-electron chi connectivity index (χ2n) is 10.6. The van der Waals surface area contributed by atoms with Crippen molar-refractivity contribution in [1.29, 1.82) is 0 Å². The molecular formula is C32H42F3N5O3. The van der Waals surface area contributed by atoms with Gasteiger partial charge in [0.15, 0.2) is 5.69 Å². The van der Waals surface area contributed by atoms with Gasteiger partial charge in [0.2, 0.25) is 0 Å². The fourth-order valence-electron chi connectivity index (χ4n) is 4.95. The lowest BCUT2D eigenvalue weighted by molar-refractivity contribution is -0.137. The van der Waals surface area contributed by atoms with Crippen molar-refractivity contribution in [3.8, 4) is 0 Å². The Labute approximate surface area is 251 Å². The number of carbonyl (C=O) groups is 2. The number of halogens is 3. The van der Waals surface area contributed by atoms with Crippen LogP contribution >= 0.6 is 0 Å². The van der Waals surface area contributed by atoms with Gasteiger partial charge in [-0.2, -0.15) is 18.3 Å². The third-order valence-corrected chi connectivity index (χ3v) is 7.17. The summed E-state index contributed by atoms with van der Waals surface area (Å²) < 4.78 is 40.7. The number of benzene rings is 2. The lowest BCUT2D eigenvalue weighted by atomic mass is 10.0. The third kappa shape index (κ3) is 10.2. The van der Waals surface area contributed by atoms with Gasteiger partial charge in [-0.05, 0) is 43.4 Å². The Balaban J connectivity index is 1.72. The zero-order valence-corrected chi connectivity index (χ0v) is 25.0. The highest BCUT2D eigenvalue weighted by Crippen LogP contribution is 2.29. The van der Waals surface area contributed by atoms with Crippen LogP contribution in [0.3, 0.4) is 0 Å². The van der Waals surface area contributed by atoms with Crippen LogP contribution < -0.4 is 16.0 Å². The van der Waals surface area contributed by atoms with E-state index in [2.05, 4.69) is 34.9 Å². The molecule has 4 N–H and O–H groups in total. The summed E-state index contributed by atoms with van der Waals surface area (Å²) in [5.41, 5.74) is 0.889. The van der Waals surface area contributed by atoms with Gasteiger partial charge in [0.05, 0.1) is 17.7 Å². The van der Waals surface area contributed by atoms with Crippen molar-refractivity contribution >= 4 is 11.8 Å². The van der Waals surface area contributed by atoms with Crippen molar-refractivity contribution in [3.63, 3.8) is 0 Å². The van der Waals surface area contributed by atoms with Crippen LogP contribution in [0.25, 0.3) is 0 Å². The smallest absolute Gasteiger partial charge is 0.390 e. The van der Waals surface area contributed by atoms with Crippen LogP contribution in [-0.2, 0) is 25.7 Å². The van der Waals surface area contributed by atoms with Crippen molar-refractivity contribution in [2.75, 3.05) is 6.54 Å². The maximum atomic E-state index is 13.4. The minimum Gasteiger partial charge on any atom is -0.390 e. The average molecular weight is 602 g/mol. The Hall–Kier alpha value is -3.70. The van der Waals surface area contributed by atoms with Crippen molar-refractivity contribution in [3.05, 3.63) is 88.7 Å². The minimum atomic E-state index is -4.45. The van der Waals surface area contributed by atoms with Gasteiger partial charge in [0, 0.05) is 31.7 Å². The first-order valence-corrected chi connectivity index (χ1v) is 14.8. The van der Waals surface area contributed by atoms with Crippen LogP contribution in [0.1, 0.15) is 84.1 Å². The van der Waals surface area contributed by atoms with E-state index < -0.39 is 29.8 Å². The predicted molar refractivity (Wildman–Crippen MR) is 160 cm³/mol. The number of hydrogen-bond acceptors (Lipinski definition) is 5. The van der Waals surface area contributed by atoms with E-state index in [0.717, 1.165) is 43.4 Å². The summed E-state index contributed by atoms with van der Waals surface area (Å²) in [6.45, 7) is 6.46. The second kappa shape index (κ2) is 16.2. The van der Waals surface area contributed by atoms with Crippen LogP contribution in [0.15, 0.2) is 60.7 Å². The molecule has 11 heteroatoms. The molecule has 0 spiro atoms. The summed E-state index contributed by atoms with van der Waals surface area (Å²) in [4.78, 5) is 26.4. The van der Waals surface area contributed by atoms with Gasteiger partial charge in [0.1, 0.15) is 5.69 Å². The highest BCUT2D eigenvalue weighted by atomic mass is 19.4. The largest absolute Gasteiger partial charge is 0.416 e. The number of carbonyl (C=O) groups excluding carboxylic acids is 2. The molecule has 0 saturated heterocycles. The number of alkyl halides is 3. The zero-order valence-electron chi connectivity index (χ0n) is 25.0. The summed E-state index contributed by atoms with van der Waals surface area (Å²) in [6.07, 6.45) is -1.64. The number of aliphatic hydroxyl groups is 1. The van der Waals surface area contributed by atoms with Gasteiger partial charge in [-0.3, -0.25) is 14.3 Å². The number of aliphatic hydroxyl groups excluding tert-OH is 1. The summed E-state index contributed by atoms with van der Waals surface area (Å²) in [6, 6.07) is 15.0. The molecule has 8 nitrogen and oxygen atoms in total. The fraction of sp³-hybridized carbons (Fsp3) is 0.469. The maximum absolute atomic E-state index is 13.4. The van der Waals surface area contributed by atoms with Gasteiger partial charge in [-0.15, -0.1) is 0 Å². The third-order valence-electron chi connectivity index (χ3n) is 7.17. The van der Waals surface area contributed by atoms with Crippen LogP contribution in [0.5, 0.6) is 0 Å². The molecule has 0 fully saturated rings. The van der Waals surface area contributed by atoms with E-state index in [1.807, 2.05) is 37.3 Å². The summed E-state index contributed by atoms with van der Waals surface area (Å²) in [7, 11) is 0. The topological polar surface area (TPSA) is 108 Å². The Kier molecular flexibility index (Phi) is 12.8. The van der Waals surface area contributed by atoms with E-state index in [1.54, 1.807) is 6.07 Å². The molecule has 2 amide bonds. The standard InChI is InChI=1S/C32H42F3N5O3/c1-4-11-25(12-5-2)37-31(43)28-19-27(39-40(28)6-3)30(42)38-26(18-22-13-8-7-9-14-22)29(41)21-36-20-23-15-10-16-24(17-23)32(33,34)35/h7-10,13-17,19,25-26,29,36,41H,4-6,11-12,18,20-21H2,1-3H3,(H,37,43)(H,38,42)/t26-,29+/m0/s1. The predicted octanol–water partition coefficient (Wildman–Crippen LogP) is 5.11. The highest BCUT2D eigenvalue weighted by Gasteiger charge is 2.30. The van der Waals surface area contributed by atoms with E-state index in [4.69, 9.17) is 0 Å². The Morgan fingerprint density at radius 1 is 0.907 bits per heavy atom. The number of nitrogens with one attached hydrogen (secondary N) is 3. The van der Waals surface area contributed by atoms with Gasteiger partial charge in [0.25, 0.3) is 11.8 Å². The first-order chi connectivity index (χ1) is 20.5. The molecule has 3 aromatic rings. The molecule has 234 valence electrons. The number of rotatable bonds is 16. The van der Waals surface area contributed by atoms with Crippen molar-refractivity contribution in [2.45, 2.75) is 90.3 Å². The van der Waals surface area contributed by atoms with Crippen molar-refractivity contribution < 1.29 is 27.9 Å². The van der Waals surface area contributed by atoms with Crippen LogP contribution in [-0.4, -0.2) is 51.4 Å². The lowest BCUT2D eigenvalue weighted by Crippen LogP contribution is -2.48. The number of aromatic nitrogens is 2. The fourth-order valence-corrected chi connectivity index (χ4v) is 4.95. The van der Waals surface area contributed by atoms with Crippen molar-refractivity contribution in [1.82, 2.24) is 25.7 Å². The quantitative estimate of drug-likeness (QED) is 0.183. The van der Waals surface area contributed by atoms with E-state index in [9.17, 15) is 27.9 Å². The average Bonchev–Trinajstić information content (AvgIpc) is 3.42. The van der Waals surface area contributed by atoms with E-state index in [-0.39, 0.29) is 36.4 Å². The molecule has 1 aromatic heterocycles. The molecule has 0 unspecified atom stereocenters. The molecule has 0 bridgehead atoms. The van der Waals surface area contributed by atoms with Gasteiger partial charge in [-0.25, -0.2) is 0 Å². The van der Waals surface area contributed by atoms with Gasteiger partial charge in [-0.1, -0.05) is 75.2 Å². The number of hydrogen-bond donors (Lipinski definition) is 4. The normalized spacial score (nSPS) is 13.1. The number of nitrogens with zero attached hydrogens (tertiary/aromatic N) is 2. The number of aryl methyl sites for hydroxylation is 1. The summed E-state index contributed by atoms with van der Waals surface area (Å²) in [5.74, 6) is -0.835. The Morgan fingerprint density at radius 2 is 1.58 bits per heavy atom. The molecule has 3 rings (SSSR count). The maximum Gasteiger partial charge on any atom is 0.416 e. The molecule has 2 aromatic carbocycles. The Bertz CT molecular complexity index is 1310. The number of amides is 2. The zero-order chi connectivity index (χ0) is 31.4. The van der Waals surface area contributed by atoms with Crippen LogP contribution in [0, 0.1) is 0 Å². The minimum absolute atomic E-state index is 0.0152. The van der Waals surface area contributed by atoms with Crippen LogP contribution in [0.2, 0.25) is 0 Å². The van der Waals surface area contributed by atoms with Crippen molar-refractivity contribution in [2.24, 2.45) is 0 Å². The highest BCUT2D eigenvalue weighted by molar-refractivity contribution is 5.98.